The number of urea groups is 1. The van der Waals surface area contributed by atoms with Crippen LogP contribution in [0.25, 0.3) is 0 Å². The van der Waals surface area contributed by atoms with Crippen LogP contribution in [0, 0.1) is 6.92 Å². The van der Waals surface area contributed by atoms with Gasteiger partial charge in [-0.3, -0.25) is 0 Å². The van der Waals surface area contributed by atoms with E-state index in [1.165, 1.54) is 0 Å². The van der Waals surface area contributed by atoms with E-state index in [1.807, 2.05) is 61.5 Å². The molecule has 1 heterocycles. The van der Waals surface area contributed by atoms with E-state index < -0.39 is 12.0 Å². The minimum Gasteiger partial charge on any atom is -0.463 e. The highest BCUT2D eigenvalue weighted by molar-refractivity contribution is 5.95. The molecule has 0 spiro atoms. The Morgan fingerprint density at radius 1 is 1.11 bits per heavy atom. The summed E-state index contributed by atoms with van der Waals surface area (Å²) in [6, 6.07) is 16.3. The molecule has 2 amide bonds. The van der Waals surface area contributed by atoms with Crippen LogP contribution in [-0.2, 0) is 9.53 Å². The first-order chi connectivity index (χ1) is 13.1. The van der Waals surface area contributed by atoms with E-state index in [-0.39, 0.29) is 12.6 Å². The van der Waals surface area contributed by atoms with E-state index in [0.717, 1.165) is 16.8 Å². The molecule has 0 bridgehead atoms. The fraction of sp³-hybridized carbons (Fsp3) is 0.238. The van der Waals surface area contributed by atoms with Gasteiger partial charge in [0.15, 0.2) is 0 Å². The van der Waals surface area contributed by atoms with Gasteiger partial charge in [0, 0.05) is 5.69 Å². The van der Waals surface area contributed by atoms with Gasteiger partial charge in [0.05, 0.1) is 30.5 Å². The van der Waals surface area contributed by atoms with Crippen molar-refractivity contribution < 1.29 is 14.3 Å². The lowest BCUT2D eigenvalue weighted by Gasteiger charge is -2.29. The SMILES string of the molecule is CCOC(=O)C1=C(CNc2ccccc2C)NC(=O)NC1c1ccccc1. The van der Waals surface area contributed by atoms with Gasteiger partial charge in [0.25, 0.3) is 0 Å². The monoisotopic (exact) mass is 365 g/mol. The standard InChI is InChI=1S/C21H23N3O3/c1-3-27-20(25)18-17(13-22-16-12-8-7-9-14(16)2)23-21(26)24-19(18)15-10-5-4-6-11-15/h4-12,19,22H,3,13H2,1-2H3,(H2,23,24,26). The molecule has 1 aliphatic rings. The summed E-state index contributed by atoms with van der Waals surface area (Å²) in [6.45, 7) is 4.32. The number of carbonyl (C=O) groups is 2. The van der Waals surface area contributed by atoms with Gasteiger partial charge in [-0.05, 0) is 31.0 Å². The Bertz CT molecular complexity index is 862. The predicted molar refractivity (Wildman–Crippen MR) is 104 cm³/mol. The van der Waals surface area contributed by atoms with Gasteiger partial charge in [-0.25, -0.2) is 9.59 Å². The van der Waals surface area contributed by atoms with Gasteiger partial charge in [0.1, 0.15) is 0 Å². The smallest absolute Gasteiger partial charge is 0.338 e. The highest BCUT2D eigenvalue weighted by atomic mass is 16.5. The van der Waals surface area contributed by atoms with Gasteiger partial charge in [-0.1, -0.05) is 48.5 Å². The number of amides is 2. The summed E-state index contributed by atoms with van der Waals surface area (Å²) >= 11 is 0. The number of hydrogen-bond donors (Lipinski definition) is 3. The molecule has 2 aromatic rings. The fourth-order valence-corrected chi connectivity index (χ4v) is 3.06. The predicted octanol–water partition coefficient (Wildman–Crippen LogP) is 3.28. The van der Waals surface area contributed by atoms with E-state index in [0.29, 0.717) is 17.8 Å². The number of benzene rings is 2. The van der Waals surface area contributed by atoms with E-state index in [2.05, 4.69) is 16.0 Å². The summed E-state index contributed by atoms with van der Waals surface area (Å²) in [5.41, 5.74) is 3.76. The van der Waals surface area contributed by atoms with Crippen molar-refractivity contribution in [2.75, 3.05) is 18.5 Å². The number of aryl methyl sites for hydroxylation is 1. The van der Waals surface area contributed by atoms with Crippen molar-refractivity contribution in [3.63, 3.8) is 0 Å². The number of carbonyl (C=O) groups excluding carboxylic acids is 2. The van der Waals surface area contributed by atoms with E-state index >= 15 is 0 Å². The normalized spacial score (nSPS) is 16.4. The van der Waals surface area contributed by atoms with Crippen molar-refractivity contribution in [2.45, 2.75) is 19.9 Å². The molecule has 27 heavy (non-hydrogen) atoms. The largest absolute Gasteiger partial charge is 0.463 e. The second-order valence-corrected chi connectivity index (χ2v) is 6.22. The maximum absolute atomic E-state index is 12.7. The lowest BCUT2D eigenvalue weighted by molar-refractivity contribution is -0.139. The van der Waals surface area contributed by atoms with Crippen molar-refractivity contribution in [3.8, 4) is 0 Å². The molecule has 0 fully saturated rings. The van der Waals surface area contributed by atoms with Crippen LogP contribution in [0.1, 0.15) is 24.1 Å². The van der Waals surface area contributed by atoms with Crippen LogP contribution in [0.2, 0.25) is 0 Å². The average molecular weight is 365 g/mol. The third kappa shape index (κ3) is 4.28. The van der Waals surface area contributed by atoms with Crippen LogP contribution in [-0.4, -0.2) is 25.2 Å². The maximum atomic E-state index is 12.7. The molecule has 0 saturated carbocycles. The Kier molecular flexibility index (Phi) is 5.76. The summed E-state index contributed by atoms with van der Waals surface area (Å²) in [4.78, 5) is 24.9. The average Bonchev–Trinajstić information content (AvgIpc) is 2.67. The van der Waals surface area contributed by atoms with E-state index in [1.54, 1.807) is 6.92 Å². The van der Waals surface area contributed by atoms with Gasteiger partial charge in [0.2, 0.25) is 0 Å². The Labute approximate surface area is 158 Å². The Morgan fingerprint density at radius 3 is 2.52 bits per heavy atom. The molecular weight excluding hydrogens is 342 g/mol. The quantitative estimate of drug-likeness (QED) is 0.687. The summed E-state index contributed by atoms with van der Waals surface area (Å²) in [6.07, 6.45) is 0. The Morgan fingerprint density at radius 2 is 1.81 bits per heavy atom. The first-order valence-corrected chi connectivity index (χ1v) is 8.92. The highest BCUT2D eigenvalue weighted by Crippen LogP contribution is 2.28. The van der Waals surface area contributed by atoms with E-state index in [4.69, 9.17) is 4.74 Å². The van der Waals surface area contributed by atoms with Gasteiger partial charge < -0.3 is 20.7 Å². The number of para-hydroxylation sites is 1. The van der Waals surface area contributed by atoms with Crippen LogP contribution in [0.15, 0.2) is 65.9 Å². The maximum Gasteiger partial charge on any atom is 0.338 e. The molecule has 3 N–H and O–H groups in total. The number of anilines is 1. The van der Waals surface area contributed by atoms with Crippen molar-refractivity contribution in [1.82, 2.24) is 10.6 Å². The van der Waals surface area contributed by atoms with E-state index in [9.17, 15) is 9.59 Å². The van der Waals surface area contributed by atoms with Crippen LogP contribution < -0.4 is 16.0 Å². The minimum absolute atomic E-state index is 0.260. The molecule has 0 aliphatic carbocycles. The number of ether oxygens (including phenoxy) is 1. The van der Waals surface area contributed by atoms with Gasteiger partial charge in [-0.15, -0.1) is 0 Å². The number of nitrogens with one attached hydrogen (secondary N) is 3. The molecule has 6 nitrogen and oxygen atoms in total. The molecule has 140 valence electrons. The topological polar surface area (TPSA) is 79.5 Å². The summed E-state index contributed by atoms with van der Waals surface area (Å²) in [5, 5.41) is 8.88. The molecular formula is C21H23N3O3. The molecule has 6 heteroatoms. The first kappa shape index (κ1) is 18.5. The summed E-state index contributed by atoms with van der Waals surface area (Å²) in [5.74, 6) is -0.444. The van der Waals surface area contributed by atoms with Crippen molar-refractivity contribution >= 4 is 17.7 Å². The molecule has 0 saturated heterocycles. The fourth-order valence-electron chi connectivity index (χ4n) is 3.06. The van der Waals surface area contributed by atoms with Crippen LogP contribution >= 0.6 is 0 Å². The molecule has 1 unspecified atom stereocenters. The number of esters is 1. The molecule has 2 aromatic carbocycles. The molecule has 1 atom stereocenters. The minimum atomic E-state index is -0.562. The van der Waals surface area contributed by atoms with Crippen LogP contribution in [0.3, 0.4) is 0 Å². The second kappa shape index (κ2) is 8.40. The Balaban J connectivity index is 1.96. The zero-order valence-corrected chi connectivity index (χ0v) is 15.4. The summed E-state index contributed by atoms with van der Waals surface area (Å²) < 4.78 is 5.26. The molecule has 0 radical (unpaired) electrons. The highest BCUT2D eigenvalue weighted by Gasteiger charge is 2.33. The zero-order valence-electron chi connectivity index (χ0n) is 15.4. The van der Waals surface area contributed by atoms with Gasteiger partial charge >= 0.3 is 12.0 Å². The Hall–Kier alpha value is -3.28. The lowest BCUT2D eigenvalue weighted by atomic mass is 9.95. The van der Waals surface area contributed by atoms with Gasteiger partial charge in [-0.2, -0.15) is 0 Å². The molecule has 0 aromatic heterocycles. The third-order valence-corrected chi connectivity index (χ3v) is 4.38. The lowest BCUT2D eigenvalue weighted by Crippen LogP contribution is -2.47. The van der Waals surface area contributed by atoms with Crippen LogP contribution in [0.5, 0.6) is 0 Å². The second-order valence-electron chi connectivity index (χ2n) is 6.22. The molecule has 3 rings (SSSR count). The number of rotatable bonds is 6. The van der Waals surface area contributed by atoms with Crippen molar-refractivity contribution in [3.05, 3.63) is 77.0 Å². The summed E-state index contributed by atoms with van der Waals surface area (Å²) in [7, 11) is 0. The number of hydrogen-bond acceptors (Lipinski definition) is 4. The van der Waals surface area contributed by atoms with Crippen LogP contribution in [0.4, 0.5) is 10.5 Å². The first-order valence-electron chi connectivity index (χ1n) is 8.92. The van der Waals surface area contributed by atoms with Crippen molar-refractivity contribution in [1.29, 1.82) is 0 Å². The third-order valence-electron chi connectivity index (χ3n) is 4.38. The molecule has 1 aliphatic heterocycles. The zero-order chi connectivity index (χ0) is 19.2. The van der Waals surface area contributed by atoms with Crippen molar-refractivity contribution in [2.24, 2.45) is 0 Å².